The molecule has 6 heteroatoms. The van der Waals surface area contributed by atoms with Gasteiger partial charge in [0.05, 0.1) is 31.1 Å². The number of nitrogens with zero attached hydrogens (tertiary/aromatic N) is 2. The van der Waals surface area contributed by atoms with E-state index in [1.54, 1.807) is 31.2 Å². The molecular formula is C25H22F2N2O2. The van der Waals surface area contributed by atoms with Gasteiger partial charge in [0, 0.05) is 11.4 Å². The largest absolute Gasteiger partial charge is 0.463 e. The van der Waals surface area contributed by atoms with E-state index in [0.29, 0.717) is 24.5 Å². The van der Waals surface area contributed by atoms with E-state index >= 15 is 0 Å². The zero-order chi connectivity index (χ0) is 21.8. The second kappa shape index (κ2) is 9.00. The lowest BCUT2D eigenvalue weighted by molar-refractivity contribution is -0.138. The molecule has 4 rings (SSSR count). The lowest BCUT2D eigenvalue weighted by Gasteiger charge is -2.41. The van der Waals surface area contributed by atoms with Crippen LogP contribution in [0.5, 0.6) is 0 Å². The topological polar surface area (TPSA) is 32.8 Å². The van der Waals surface area contributed by atoms with Gasteiger partial charge in [0.25, 0.3) is 0 Å². The minimum absolute atomic E-state index is 0.248. The molecule has 0 spiro atoms. The number of rotatable bonds is 5. The highest BCUT2D eigenvalue weighted by molar-refractivity contribution is 6.03. The molecule has 0 bridgehead atoms. The van der Waals surface area contributed by atoms with Crippen LogP contribution in [0.2, 0.25) is 0 Å². The Morgan fingerprint density at radius 2 is 1.45 bits per heavy atom. The Balaban J connectivity index is 1.88. The molecule has 3 aromatic rings. The molecule has 31 heavy (non-hydrogen) atoms. The summed E-state index contributed by atoms with van der Waals surface area (Å²) >= 11 is 0. The predicted octanol–water partition coefficient (Wildman–Crippen LogP) is 5.22. The van der Waals surface area contributed by atoms with E-state index < -0.39 is 5.97 Å². The monoisotopic (exact) mass is 420 g/mol. The van der Waals surface area contributed by atoms with E-state index in [4.69, 9.17) is 4.74 Å². The molecular weight excluding hydrogens is 398 g/mol. The third kappa shape index (κ3) is 4.43. The molecule has 0 unspecified atom stereocenters. The van der Waals surface area contributed by atoms with Crippen LogP contribution >= 0.6 is 0 Å². The molecule has 0 aromatic heterocycles. The van der Waals surface area contributed by atoms with Crippen molar-refractivity contribution in [3.05, 3.63) is 102 Å². The third-order valence-electron chi connectivity index (χ3n) is 5.12. The van der Waals surface area contributed by atoms with Gasteiger partial charge in [-0.05, 0) is 61.0 Å². The number of esters is 1. The summed E-state index contributed by atoms with van der Waals surface area (Å²) < 4.78 is 32.5. The van der Waals surface area contributed by atoms with Gasteiger partial charge in [-0.15, -0.1) is 0 Å². The highest BCUT2D eigenvalue weighted by atomic mass is 19.1. The first-order chi connectivity index (χ1) is 15.1. The Hall–Kier alpha value is -3.67. The van der Waals surface area contributed by atoms with Gasteiger partial charge >= 0.3 is 5.97 Å². The number of hydrogen-bond acceptors (Lipinski definition) is 4. The SMILES string of the molecule is CCOC(=O)C1=C(c2ccccc2)N(c2ccc(F)cc2)CN(c2ccc(F)cc2)C1. The third-order valence-corrected chi connectivity index (χ3v) is 5.12. The molecule has 0 radical (unpaired) electrons. The molecule has 0 saturated heterocycles. The zero-order valence-electron chi connectivity index (χ0n) is 17.1. The molecule has 0 fully saturated rings. The van der Waals surface area contributed by atoms with E-state index in [1.807, 2.05) is 40.1 Å². The Morgan fingerprint density at radius 3 is 2.03 bits per heavy atom. The maximum absolute atomic E-state index is 13.6. The molecule has 0 amide bonds. The Morgan fingerprint density at radius 1 is 0.871 bits per heavy atom. The van der Waals surface area contributed by atoms with Gasteiger partial charge in [0.2, 0.25) is 0 Å². The summed E-state index contributed by atoms with van der Waals surface area (Å²) in [7, 11) is 0. The predicted molar refractivity (Wildman–Crippen MR) is 117 cm³/mol. The van der Waals surface area contributed by atoms with Crippen molar-refractivity contribution in [2.24, 2.45) is 0 Å². The summed E-state index contributed by atoms with van der Waals surface area (Å²) in [6, 6.07) is 21.8. The van der Waals surface area contributed by atoms with Crippen LogP contribution in [0.4, 0.5) is 20.2 Å². The summed E-state index contributed by atoms with van der Waals surface area (Å²) in [6.07, 6.45) is 0. The van der Waals surface area contributed by atoms with Gasteiger partial charge in [-0.2, -0.15) is 0 Å². The van der Waals surface area contributed by atoms with Gasteiger partial charge in [0.1, 0.15) is 11.6 Å². The molecule has 3 aromatic carbocycles. The van der Waals surface area contributed by atoms with Crippen molar-refractivity contribution in [3.63, 3.8) is 0 Å². The number of ether oxygens (including phenoxy) is 1. The number of hydrogen-bond donors (Lipinski definition) is 0. The van der Waals surface area contributed by atoms with Gasteiger partial charge in [-0.1, -0.05) is 30.3 Å². The number of benzene rings is 3. The first-order valence-corrected chi connectivity index (χ1v) is 10.1. The van der Waals surface area contributed by atoms with Gasteiger partial charge < -0.3 is 14.5 Å². The molecule has 1 heterocycles. The number of halogens is 2. The molecule has 1 aliphatic rings. The molecule has 0 aliphatic carbocycles. The summed E-state index contributed by atoms with van der Waals surface area (Å²) in [5, 5.41) is 0. The van der Waals surface area contributed by atoms with E-state index in [9.17, 15) is 13.6 Å². The lowest BCUT2D eigenvalue weighted by Crippen LogP contribution is -2.45. The van der Waals surface area contributed by atoms with Crippen molar-refractivity contribution in [2.45, 2.75) is 6.92 Å². The molecule has 158 valence electrons. The van der Waals surface area contributed by atoms with Gasteiger partial charge in [-0.25, -0.2) is 13.6 Å². The fourth-order valence-corrected chi connectivity index (χ4v) is 3.68. The van der Waals surface area contributed by atoms with Crippen LogP contribution in [-0.4, -0.2) is 25.8 Å². The van der Waals surface area contributed by atoms with Crippen molar-refractivity contribution in [1.29, 1.82) is 0 Å². The lowest BCUT2D eigenvalue weighted by atomic mass is 10.0. The van der Waals surface area contributed by atoms with Crippen molar-refractivity contribution in [2.75, 3.05) is 29.6 Å². The fraction of sp³-hybridized carbons (Fsp3) is 0.160. The highest BCUT2D eigenvalue weighted by Gasteiger charge is 2.31. The molecule has 0 N–H and O–H groups in total. The smallest absolute Gasteiger partial charge is 0.337 e. The van der Waals surface area contributed by atoms with Crippen molar-refractivity contribution < 1.29 is 18.3 Å². The number of carbonyl (C=O) groups excluding carboxylic acids is 1. The zero-order valence-corrected chi connectivity index (χ0v) is 17.1. The second-order valence-corrected chi connectivity index (χ2v) is 7.13. The summed E-state index contributed by atoms with van der Waals surface area (Å²) in [5.41, 5.74) is 3.54. The quantitative estimate of drug-likeness (QED) is 0.530. The molecule has 1 aliphatic heterocycles. The summed E-state index contributed by atoms with van der Waals surface area (Å²) in [6.45, 7) is 2.70. The van der Waals surface area contributed by atoms with Gasteiger partial charge in [0.15, 0.2) is 0 Å². The molecule has 0 atom stereocenters. The van der Waals surface area contributed by atoms with Crippen molar-refractivity contribution >= 4 is 23.0 Å². The van der Waals surface area contributed by atoms with Crippen LogP contribution in [-0.2, 0) is 9.53 Å². The van der Waals surface area contributed by atoms with E-state index in [2.05, 4.69) is 0 Å². The average Bonchev–Trinajstić information content (AvgIpc) is 2.80. The standard InChI is InChI=1S/C25H22F2N2O2/c1-2-31-25(30)23-16-28(21-12-8-19(26)9-13-21)17-29(22-14-10-20(27)11-15-22)24(23)18-6-4-3-5-7-18/h3-15H,2,16-17H2,1H3. The Bertz CT molecular complexity index is 1080. The first kappa shape index (κ1) is 20.6. The van der Waals surface area contributed by atoms with Crippen molar-refractivity contribution in [1.82, 2.24) is 0 Å². The van der Waals surface area contributed by atoms with Crippen LogP contribution in [0.3, 0.4) is 0 Å². The average molecular weight is 420 g/mol. The minimum atomic E-state index is -0.416. The first-order valence-electron chi connectivity index (χ1n) is 10.1. The van der Waals surface area contributed by atoms with Crippen LogP contribution in [0.25, 0.3) is 5.70 Å². The van der Waals surface area contributed by atoms with Crippen molar-refractivity contribution in [3.8, 4) is 0 Å². The number of carbonyl (C=O) groups is 1. The van der Waals surface area contributed by atoms with Crippen LogP contribution in [0.15, 0.2) is 84.4 Å². The number of anilines is 2. The maximum Gasteiger partial charge on any atom is 0.337 e. The Labute approximate surface area is 180 Å². The summed E-state index contributed by atoms with van der Waals surface area (Å²) in [5.74, 6) is -1.09. The maximum atomic E-state index is 13.6. The molecule has 0 saturated carbocycles. The van der Waals surface area contributed by atoms with E-state index in [-0.39, 0.29) is 18.2 Å². The Kier molecular flexibility index (Phi) is 5.98. The fourth-order valence-electron chi connectivity index (χ4n) is 3.68. The summed E-state index contributed by atoms with van der Waals surface area (Å²) in [4.78, 5) is 16.9. The minimum Gasteiger partial charge on any atom is -0.463 e. The van der Waals surface area contributed by atoms with E-state index in [0.717, 1.165) is 16.9 Å². The second-order valence-electron chi connectivity index (χ2n) is 7.13. The van der Waals surface area contributed by atoms with Crippen LogP contribution in [0.1, 0.15) is 12.5 Å². The van der Waals surface area contributed by atoms with Crippen LogP contribution < -0.4 is 9.80 Å². The van der Waals surface area contributed by atoms with E-state index in [1.165, 1.54) is 24.3 Å². The molecule has 4 nitrogen and oxygen atoms in total. The van der Waals surface area contributed by atoms with Crippen LogP contribution in [0, 0.1) is 11.6 Å². The highest BCUT2D eigenvalue weighted by Crippen LogP contribution is 2.35. The normalized spacial score (nSPS) is 14.0. The van der Waals surface area contributed by atoms with Gasteiger partial charge in [-0.3, -0.25) is 0 Å².